The van der Waals surface area contributed by atoms with E-state index in [1.807, 2.05) is 0 Å². The van der Waals surface area contributed by atoms with E-state index in [0.29, 0.717) is 18.9 Å². The van der Waals surface area contributed by atoms with Gasteiger partial charge in [-0.1, -0.05) is 19.8 Å². The van der Waals surface area contributed by atoms with Crippen LogP contribution in [0.3, 0.4) is 0 Å². The molecule has 1 aliphatic rings. The normalized spacial score (nSPS) is 24.8. The Kier molecular flexibility index (Phi) is 3.40. The van der Waals surface area contributed by atoms with E-state index in [1.54, 1.807) is 0 Å². The lowest BCUT2D eigenvalue weighted by atomic mass is 9.94. The van der Waals surface area contributed by atoms with E-state index in [9.17, 15) is 4.79 Å². The van der Waals surface area contributed by atoms with Crippen molar-refractivity contribution >= 4 is 5.97 Å². The average molecular weight is 156 g/mol. The molecule has 0 spiro atoms. The Morgan fingerprint density at radius 3 is 3.09 bits per heavy atom. The molecule has 0 amide bonds. The molecule has 1 saturated heterocycles. The van der Waals surface area contributed by atoms with Crippen LogP contribution in [0.5, 0.6) is 0 Å². The van der Waals surface area contributed by atoms with Crippen LogP contribution in [0.2, 0.25) is 0 Å². The van der Waals surface area contributed by atoms with Gasteiger partial charge in [0.2, 0.25) is 0 Å². The molecule has 0 aromatic carbocycles. The first-order chi connectivity index (χ1) is 5.33. The molecule has 1 atom stereocenters. The summed E-state index contributed by atoms with van der Waals surface area (Å²) in [6, 6.07) is 0. The van der Waals surface area contributed by atoms with Gasteiger partial charge in [0.05, 0.1) is 6.61 Å². The van der Waals surface area contributed by atoms with Crippen molar-refractivity contribution in [1.29, 1.82) is 0 Å². The second-order valence-electron chi connectivity index (χ2n) is 3.22. The Bertz CT molecular complexity index is 132. The monoisotopic (exact) mass is 156 g/mol. The van der Waals surface area contributed by atoms with E-state index in [0.717, 1.165) is 6.42 Å². The van der Waals surface area contributed by atoms with Crippen LogP contribution in [-0.2, 0) is 9.53 Å². The molecule has 0 aliphatic carbocycles. The number of unbranched alkanes of at least 4 members (excludes halogenated alkanes) is 1. The third-order valence-electron chi connectivity index (χ3n) is 2.21. The molecule has 2 nitrogen and oxygen atoms in total. The first-order valence-corrected chi connectivity index (χ1v) is 4.48. The van der Waals surface area contributed by atoms with E-state index >= 15 is 0 Å². The van der Waals surface area contributed by atoms with Crippen molar-refractivity contribution in [3.05, 3.63) is 0 Å². The van der Waals surface area contributed by atoms with E-state index in [1.165, 1.54) is 19.3 Å². The molecule has 64 valence electrons. The van der Waals surface area contributed by atoms with E-state index in [4.69, 9.17) is 4.74 Å². The van der Waals surface area contributed by atoms with Gasteiger partial charge in [-0.3, -0.25) is 4.79 Å². The Hall–Kier alpha value is -0.530. The second kappa shape index (κ2) is 4.37. The minimum atomic E-state index is -0.00245. The highest BCUT2D eigenvalue weighted by atomic mass is 16.5. The van der Waals surface area contributed by atoms with Crippen LogP contribution >= 0.6 is 0 Å². The molecule has 0 bridgehead atoms. The Morgan fingerprint density at radius 1 is 1.64 bits per heavy atom. The summed E-state index contributed by atoms with van der Waals surface area (Å²) in [7, 11) is 0. The number of rotatable bonds is 3. The zero-order valence-corrected chi connectivity index (χ0v) is 7.14. The third kappa shape index (κ3) is 2.91. The molecule has 1 fully saturated rings. The Morgan fingerprint density at radius 2 is 2.45 bits per heavy atom. The summed E-state index contributed by atoms with van der Waals surface area (Å²) < 4.78 is 4.85. The van der Waals surface area contributed by atoms with Crippen LogP contribution in [0.15, 0.2) is 0 Å². The van der Waals surface area contributed by atoms with Crippen molar-refractivity contribution in [1.82, 2.24) is 0 Å². The number of hydrogen-bond donors (Lipinski definition) is 0. The van der Waals surface area contributed by atoms with Gasteiger partial charge in [-0.05, 0) is 18.8 Å². The molecule has 0 aromatic rings. The van der Waals surface area contributed by atoms with Gasteiger partial charge in [-0.2, -0.15) is 0 Å². The van der Waals surface area contributed by atoms with Crippen molar-refractivity contribution in [2.24, 2.45) is 5.92 Å². The molecule has 0 unspecified atom stereocenters. The summed E-state index contributed by atoms with van der Waals surface area (Å²) >= 11 is 0. The lowest BCUT2D eigenvalue weighted by molar-refractivity contribution is -0.149. The van der Waals surface area contributed by atoms with Crippen molar-refractivity contribution in [3.63, 3.8) is 0 Å². The first-order valence-electron chi connectivity index (χ1n) is 4.48. The quantitative estimate of drug-likeness (QED) is 0.585. The number of hydrogen-bond acceptors (Lipinski definition) is 2. The van der Waals surface area contributed by atoms with Crippen molar-refractivity contribution in [3.8, 4) is 0 Å². The number of cyclic esters (lactones) is 1. The highest BCUT2D eigenvalue weighted by Crippen LogP contribution is 2.21. The van der Waals surface area contributed by atoms with Crippen molar-refractivity contribution in [2.75, 3.05) is 6.61 Å². The summed E-state index contributed by atoms with van der Waals surface area (Å²) in [6.07, 6.45) is 5.40. The van der Waals surface area contributed by atoms with Crippen LogP contribution < -0.4 is 0 Å². The molecule has 1 rings (SSSR count). The van der Waals surface area contributed by atoms with Gasteiger partial charge in [0, 0.05) is 6.42 Å². The van der Waals surface area contributed by atoms with Crippen LogP contribution in [0.4, 0.5) is 0 Å². The molecule has 11 heavy (non-hydrogen) atoms. The maximum Gasteiger partial charge on any atom is 0.306 e. The molecular weight excluding hydrogens is 140 g/mol. The second-order valence-corrected chi connectivity index (χ2v) is 3.22. The number of carbonyl (C=O) groups is 1. The highest BCUT2D eigenvalue weighted by Gasteiger charge is 2.19. The molecule has 1 aliphatic heterocycles. The van der Waals surface area contributed by atoms with Crippen LogP contribution in [0.1, 0.15) is 39.0 Å². The third-order valence-corrected chi connectivity index (χ3v) is 2.21. The zero-order valence-electron chi connectivity index (χ0n) is 7.14. The fraction of sp³-hybridized carbons (Fsp3) is 0.889. The maximum absolute atomic E-state index is 10.8. The molecule has 0 N–H and O–H groups in total. The predicted octanol–water partition coefficient (Wildman–Crippen LogP) is 2.13. The van der Waals surface area contributed by atoms with Gasteiger partial charge in [-0.15, -0.1) is 0 Å². The smallest absolute Gasteiger partial charge is 0.306 e. The SMILES string of the molecule is CCCC[C@H]1CCOC(=O)C1. The Labute approximate surface area is 67.9 Å². The van der Waals surface area contributed by atoms with Crippen LogP contribution in [-0.4, -0.2) is 12.6 Å². The largest absolute Gasteiger partial charge is 0.466 e. The summed E-state index contributed by atoms with van der Waals surface area (Å²) in [5, 5.41) is 0. The number of ether oxygens (including phenoxy) is 1. The van der Waals surface area contributed by atoms with Crippen LogP contribution in [0, 0.1) is 5.92 Å². The lowest BCUT2D eigenvalue weighted by Crippen LogP contribution is -2.20. The van der Waals surface area contributed by atoms with Gasteiger partial charge >= 0.3 is 5.97 Å². The minimum Gasteiger partial charge on any atom is -0.466 e. The lowest BCUT2D eigenvalue weighted by Gasteiger charge is -2.20. The standard InChI is InChI=1S/C9H16O2/c1-2-3-4-8-5-6-11-9(10)7-8/h8H,2-7H2,1H3/t8-/m0/s1. The van der Waals surface area contributed by atoms with Gasteiger partial charge in [-0.25, -0.2) is 0 Å². The molecule has 1 heterocycles. The summed E-state index contributed by atoms with van der Waals surface area (Å²) in [6.45, 7) is 2.83. The number of esters is 1. The fourth-order valence-corrected chi connectivity index (χ4v) is 1.48. The molecule has 2 heteroatoms. The molecule has 0 radical (unpaired) electrons. The molecule has 0 saturated carbocycles. The first kappa shape index (κ1) is 8.57. The summed E-state index contributed by atoms with van der Waals surface area (Å²) in [5.74, 6) is 0.605. The zero-order chi connectivity index (χ0) is 8.10. The van der Waals surface area contributed by atoms with Gasteiger partial charge in [0.25, 0.3) is 0 Å². The maximum atomic E-state index is 10.8. The Balaban J connectivity index is 2.17. The van der Waals surface area contributed by atoms with E-state index in [2.05, 4.69) is 6.92 Å². The molecule has 0 aromatic heterocycles. The van der Waals surface area contributed by atoms with Crippen LogP contribution in [0.25, 0.3) is 0 Å². The van der Waals surface area contributed by atoms with Gasteiger partial charge in [0.1, 0.15) is 0 Å². The van der Waals surface area contributed by atoms with E-state index in [-0.39, 0.29) is 5.97 Å². The average Bonchev–Trinajstić information content (AvgIpc) is 2.01. The van der Waals surface area contributed by atoms with Gasteiger partial charge in [0.15, 0.2) is 0 Å². The topological polar surface area (TPSA) is 26.3 Å². The fourth-order valence-electron chi connectivity index (χ4n) is 1.48. The molecular formula is C9H16O2. The summed E-state index contributed by atoms with van der Waals surface area (Å²) in [5.41, 5.74) is 0. The van der Waals surface area contributed by atoms with Crippen molar-refractivity contribution in [2.45, 2.75) is 39.0 Å². The van der Waals surface area contributed by atoms with Gasteiger partial charge < -0.3 is 4.74 Å². The minimum absolute atomic E-state index is 0.00245. The summed E-state index contributed by atoms with van der Waals surface area (Å²) in [4.78, 5) is 10.8. The van der Waals surface area contributed by atoms with Crippen molar-refractivity contribution < 1.29 is 9.53 Å². The highest BCUT2D eigenvalue weighted by molar-refractivity contribution is 5.70. The van der Waals surface area contributed by atoms with E-state index < -0.39 is 0 Å². The number of carbonyl (C=O) groups excluding carboxylic acids is 1. The predicted molar refractivity (Wildman–Crippen MR) is 43.2 cm³/mol.